The zero-order valence-electron chi connectivity index (χ0n) is 8.16. The molecule has 0 radical (unpaired) electrons. The van der Waals surface area contributed by atoms with Crippen molar-refractivity contribution >= 4 is 12.6 Å². The maximum absolute atomic E-state index is 8.79. The Morgan fingerprint density at radius 2 is 1.92 bits per heavy atom. The van der Waals surface area contributed by atoms with E-state index in [1.165, 1.54) is 6.42 Å². The summed E-state index contributed by atoms with van der Waals surface area (Å²) in [5.74, 6) is 0.963. The Balaban J connectivity index is 3.49. The zero-order chi connectivity index (χ0) is 9.40. The second kappa shape index (κ2) is 7.90. The molecule has 0 heterocycles. The predicted molar refractivity (Wildman–Crippen MR) is 56.9 cm³/mol. The quantitative estimate of drug-likeness (QED) is 0.469. The van der Waals surface area contributed by atoms with Crippen molar-refractivity contribution < 1.29 is 5.11 Å². The van der Waals surface area contributed by atoms with Gasteiger partial charge in [-0.2, -0.15) is 12.6 Å². The monoisotopic (exact) mass is 191 g/mol. The van der Waals surface area contributed by atoms with E-state index < -0.39 is 0 Å². The molecule has 0 bridgehead atoms. The molecule has 3 heteroatoms. The summed E-state index contributed by atoms with van der Waals surface area (Å²) in [6, 6.07) is 0.539. The van der Waals surface area contributed by atoms with Crippen molar-refractivity contribution in [2.75, 3.05) is 25.4 Å². The Labute approximate surface area is 81.4 Å². The van der Waals surface area contributed by atoms with Crippen LogP contribution in [0.25, 0.3) is 0 Å². The molecule has 2 nitrogen and oxygen atoms in total. The SMILES string of the molecule is CC(C)N(CCO)CCCCS. The van der Waals surface area contributed by atoms with E-state index >= 15 is 0 Å². The molecule has 0 spiro atoms. The van der Waals surface area contributed by atoms with Crippen LogP contribution in [0.15, 0.2) is 0 Å². The lowest BCUT2D eigenvalue weighted by Crippen LogP contribution is -2.34. The molecule has 0 saturated heterocycles. The second-order valence-electron chi connectivity index (χ2n) is 3.28. The number of rotatable bonds is 7. The van der Waals surface area contributed by atoms with Crippen LogP contribution < -0.4 is 0 Å². The first kappa shape index (κ1) is 12.3. The number of unbranched alkanes of at least 4 members (excludes halogenated alkanes) is 1. The average Bonchev–Trinajstić information content (AvgIpc) is 2.03. The summed E-state index contributed by atoms with van der Waals surface area (Å²) in [5.41, 5.74) is 0. The third-order valence-corrected chi connectivity index (χ3v) is 2.29. The number of hydrogen-bond acceptors (Lipinski definition) is 3. The van der Waals surface area contributed by atoms with Crippen LogP contribution in [0.5, 0.6) is 0 Å². The highest BCUT2D eigenvalue weighted by molar-refractivity contribution is 7.80. The average molecular weight is 191 g/mol. The lowest BCUT2D eigenvalue weighted by atomic mass is 10.2. The Hall–Kier alpha value is 0.270. The summed E-state index contributed by atoms with van der Waals surface area (Å²) in [5, 5.41) is 8.79. The minimum absolute atomic E-state index is 0.263. The third-order valence-electron chi connectivity index (χ3n) is 1.97. The van der Waals surface area contributed by atoms with Gasteiger partial charge in [-0.05, 0) is 39.0 Å². The molecule has 0 aromatic carbocycles. The van der Waals surface area contributed by atoms with E-state index in [1.54, 1.807) is 0 Å². The van der Waals surface area contributed by atoms with Crippen molar-refractivity contribution in [1.82, 2.24) is 4.90 Å². The number of nitrogens with zero attached hydrogens (tertiary/aromatic N) is 1. The van der Waals surface area contributed by atoms with Gasteiger partial charge in [0.2, 0.25) is 0 Å². The summed E-state index contributed by atoms with van der Waals surface area (Å²) in [4.78, 5) is 2.30. The van der Waals surface area contributed by atoms with Gasteiger partial charge in [0.05, 0.1) is 6.61 Å². The summed E-state index contributed by atoms with van der Waals surface area (Å²) >= 11 is 4.16. The van der Waals surface area contributed by atoms with Gasteiger partial charge in [0.25, 0.3) is 0 Å². The highest BCUT2D eigenvalue weighted by Gasteiger charge is 2.06. The summed E-state index contributed by atoms with van der Waals surface area (Å²) in [6.45, 7) is 6.47. The number of aliphatic hydroxyl groups excluding tert-OH is 1. The van der Waals surface area contributed by atoms with E-state index in [1.807, 2.05) is 0 Å². The molecule has 0 aliphatic heterocycles. The van der Waals surface area contributed by atoms with E-state index in [2.05, 4.69) is 31.4 Å². The van der Waals surface area contributed by atoms with Gasteiger partial charge in [-0.15, -0.1) is 0 Å². The maximum Gasteiger partial charge on any atom is 0.0558 e. The molecule has 1 N–H and O–H groups in total. The third kappa shape index (κ3) is 5.86. The number of thiol groups is 1. The van der Waals surface area contributed by atoms with Crippen LogP contribution in [-0.2, 0) is 0 Å². The first-order chi connectivity index (χ1) is 5.72. The van der Waals surface area contributed by atoms with Crippen LogP contribution >= 0.6 is 12.6 Å². The Kier molecular flexibility index (Phi) is 8.07. The normalized spacial score (nSPS) is 11.5. The van der Waals surface area contributed by atoms with Crippen LogP contribution in [0.1, 0.15) is 26.7 Å². The standard InChI is InChI=1S/C9H21NOS/c1-9(2)10(6-7-11)5-3-4-8-12/h9,11-12H,3-8H2,1-2H3. The maximum atomic E-state index is 8.79. The van der Waals surface area contributed by atoms with Gasteiger partial charge < -0.3 is 5.11 Å². The summed E-state index contributed by atoms with van der Waals surface area (Å²) < 4.78 is 0. The van der Waals surface area contributed by atoms with Crippen LogP contribution in [-0.4, -0.2) is 41.5 Å². The molecule has 12 heavy (non-hydrogen) atoms. The molecule has 74 valence electrons. The summed E-state index contributed by atoms with van der Waals surface area (Å²) in [7, 11) is 0. The topological polar surface area (TPSA) is 23.5 Å². The molecule has 0 atom stereocenters. The minimum atomic E-state index is 0.263. The first-order valence-electron chi connectivity index (χ1n) is 4.68. The molecule has 0 rings (SSSR count). The van der Waals surface area contributed by atoms with E-state index in [9.17, 15) is 0 Å². The minimum Gasteiger partial charge on any atom is -0.395 e. The summed E-state index contributed by atoms with van der Waals surface area (Å²) in [6.07, 6.45) is 2.35. The Bertz CT molecular complexity index is 98.5. The van der Waals surface area contributed by atoms with E-state index in [-0.39, 0.29) is 6.61 Å². The molecule has 0 aliphatic rings. The molecule has 0 amide bonds. The molecule has 0 aliphatic carbocycles. The van der Waals surface area contributed by atoms with Crippen molar-refractivity contribution in [2.24, 2.45) is 0 Å². The smallest absolute Gasteiger partial charge is 0.0558 e. The molecular formula is C9H21NOS. The van der Waals surface area contributed by atoms with Crippen LogP contribution in [0, 0.1) is 0 Å². The Morgan fingerprint density at radius 3 is 2.33 bits per heavy atom. The van der Waals surface area contributed by atoms with E-state index in [0.717, 1.165) is 25.3 Å². The second-order valence-corrected chi connectivity index (χ2v) is 3.73. The highest BCUT2D eigenvalue weighted by Crippen LogP contribution is 2.01. The van der Waals surface area contributed by atoms with Crippen molar-refractivity contribution in [3.63, 3.8) is 0 Å². The van der Waals surface area contributed by atoms with Crippen LogP contribution in [0.4, 0.5) is 0 Å². The van der Waals surface area contributed by atoms with Crippen LogP contribution in [0.2, 0.25) is 0 Å². The molecule has 0 aromatic heterocycles. The highest BCUT2D eigenvalue weighted by atomic mass is 32.1. The Morgan fingerprint density at radius 1 is 1.25 bits per heavy atom. The van der Waals surface area contributed by atoms with Gasteiger partial charge in [0.15, 0.2) is 0 Å². The fourth-order valence-electron chi connectivity index (χ4n) is 1.18. The van der Waals surface area contributed by atoms with Crippen molar-refractivity contribution in [3.05, 3.63) is 0 Å². The van der Waals surface area contributed by atoms with Crippen molar-refractivity contribution in [3.8, 4) is 0 Å². The largest absolute Gasteiger partial charge is 0.395 e. The fraction of sp³-hybridized carbons (Fsp3) is 1.00. The van der Waals surface area contributed by atoms with Gasteiger partial charge in [-0.25, -0.2) is 0 Å². The fourth-order valence-corrected chi connectivity index (χ4v) is 1.41. The molecule has 0 fully saturated rings. The van der Waals surface area contributed by atoms with Gasteiger partial charge in [-0.1, -0.05) is 0 Å². The zero-order valence-corrected chi connectivity index (χ0v) is 9.06. The van der Waals surface area contributed by atoms with Crippen LogP contribution in [0.3, 0.4) is 0 Å². The van der Waals surface area contributed by atoms with Gasteiger partial charge >= 0.3 is 0 Å². The lowest BCUT2D eigenvalue weighted by molar-refractivity contribution is 0.164. The van der Waals surface area contributed by atoms with Crippen molar-refractivity contribution in [1.29, 1.82) is 0 Å². The molecule has 0 aromatic rings. The van der Waals surface area contributed by atoms with E-state index in [4.69, 9.17) is 5.11 Å². The van der Waals surface area contributed by atoms with Gasteiger partial charge in [0, 0.05) is 12.6 Å². The lowest BCUT2D eigenvalue weighted by Gasteiger charge is -2.25. The number of aliphatic hydroxyl groups is 1. The van der Waals surface area contributed by atoms with Crippen molar-refractivity contribution in [2.45, 2.75) is 32.7 Å². The number of hydrogen-bond donors (Lipinski definition) is 2. The predicted octanol–water partition coefficient (Wildman–Crippen LogP) is 1.40. The van der Waals surface area contributed by atoms with Gasteiger partial charge in [-0.3, -0.25) is 4.90 Å². The molecular weight excluding hydrogens is 170 g/mol. The molecule has 0 unspecified atom stereocenters. The van der Waals surface area contributed by atoms with Gasteiger partial charge in [0.1, 0.15) is 0 Å². The van der Waals surface area contributed by atoms with E-state index in [0.29, 0.717) is 6.04 Å². The first-order valence-corrected chi connectivity index (χ1v) is 5.31. The molecule has 0 saturated carbocycles.